The van der Waals surface area contributed by atoms with Crippen LogP contribution in [0.1, 0.15) is 61.9 Å². The highest BCUT2D eigenvalue weighted by Crippen LogP contribution is 2.32. The van der Waals surface area contributed by atoms with Gasteiger partial charge in [-0.05, 0) is 49.7 Å². The molecule has 0 saturated heterocycles. The zero-order valence-corrected chi connectivity index (χ0v) is 21.0. The van der Waals surface area contributed by atoms with Gasteiger partial charge in [0.1, 0.15) is 5.69 Å². The zero-order chi connectivity index (χ0) is 24.2. The van der Waals surface area contributed by atoms with Crippen LogP contribution in [0.15, 0.2) is 42.0 Å². The van der Waals surface area contributed by atoms with Crippen molar-refractivity contribution in [2.45, 2.75) is 65.1 Å². The van der Waals surface area contributed by atoms with Crippen LogP contribution in [0, 0.1) is 5.92 Å². The number of carbonyl (C=O) groups excluding carboxylic acids is 1. The molecule has 1 aromatic carbocycles. The van der Waals surface area contributed by atoms with Crippen LogP contribution in [0.25, 0.3) is 22.3 Å². The molecule has 1 saturated carbocycles. The first-order valence-corrected chi connectivity index (χ1v) is 13.2. The van der Waals surface area contributed by atoms with Crippen molar-refractivity contribution < 1.29 is 4.79 Å². The first-order valence-electron chi connectivity index (χ1n) is 12.4. The number of amides is 1. The van der Waals surface area contributed by atoms with Crippen LogP contribution < -0.4 is 10.6 Å². The van der Waals surface area contributed by atoms with Crippen molar-refractivity contribution in [3.05, 3.63) is 53.2 Å². The lowest BCUT2D eigenvalue weighted by molar-refractivity contribution is 0.0951. The Bertz CT molecular complexity index is 1280. The number of carbonyl (C=O) groups is 1. The van der Waals surface area contributed by atoms with Gasteiger partial charge in [-0.3, -0.25) is 4.79 Å². The van der Waals surface area contributed by atoms with Crippen LogP contribution in [-0.2, 0) is 13.1 Å². The molecule has 1 amide bonds. The fourth-order valence-electron chi connectivity index (χ4n) is 4.93. The van der Waals surface area contributed by atoms with Gasteiger partial charge in [-0.2, -0.15) is 5.10 Å². The van der Waals surface area contributed by atoms with E-state index in [0.717, 1.165) is 40.1 Å². The van der Waals surface area contributed by atoms with Crippen LogP contribution >= 0.6 is 11.5 Å². The second-order valence-electron chi connectivity index (χ2n) is 9.25. The minimum Gasteiger partial charge on any atom is -0.381 e. The van der Waals surface area contributed by atoms with Crippen LogP contribution in [0.3, 0.4) is 0 Å². The average Bonchev–Trinajstić information content (AvgIpc) is 3.59. The van der Waals surface area contributed by atoms with E-state index in [1.165, 1.54) is 43.6 Å². The summed E-state index contributed by atoms with van der Waals surface area (Å²) in [5, 5.41) is 18.2. The fourth-order valence-corrected chi connectivity index (χ4v) is 5.39. The summed E-state index contributed by atoms with van der Waals surface area (Å²) in [6, 6.07) is 8.29. The molecule has 2 N–H and O–H groups in total. The summed E-state index contributed by atoms with van der Waals surface area (Å²) < 4.78 is 5.79. The van der Waals surface area contributed by atoms with E-state index in [0.29, 0.717) is 18.0 Å². The maximum Gasteiger partial charge on any atom is 0.255 e. The Morgan fingerprint density at radius 2 is 1.97 bits per heavy atom. The van der Waals surface area contributed by atoms with E-state index in [4.69, 9.17) is 0 Å². The van der Waals surface area contributed by atoms with Gasteiger partial charge in [0.2, 0.25) is 0 Å². The zero-order valence-electron chi connectivity index (χ0n) is 20.2. The Morgan fingerprint density at radius 3 is 2.69 bits per heavy atom. The number of anilines is 1. The largest absolute Gasteiger partial charge is 0.381 e. The van der Waals surface area contributed by atoms with E-state index in [1.54, 1.807) is 6.20 Å². The third-order valence-electron chi connectivity index (χ3n) is 7.00. The first kappa shape index (κ1) is 23.4. The summed E-state index contributed by atoms with van der Waals surface area (Å²) in [4.78, 5) is 17.9. The molecule has 1 aliphatic carbocycles. The van der Waals surface area contributed by atoms with E-state index in [2.05, 4.69) is 37.2 Å². The average molecular weight is 490 g/mol. The molecule has 0 unspecified atom stereocenters. The summed E-state index contributed by atoms with van der Waals surface area (Å²) in [6.45, 7) is 5.43. The number of benzene rings is 1. The number of hydrogen-bond donors (Lipinski definition) is 2. The van der Waals surface area contributed by atoms with E-state index in [-0.39, 0.29) is 11.9 Å². The maximum absolute atomic E-state index is 13.3. The number of fused-ring (bicyclic) bond motifs is 1. The van der Waals surface area contributed by atoms with Crippen LogP contribution in [0.5, 0.6) is 0 Å². The lowest BCUT2D eigenvalue weighted by atomic mass is 9.84. The number of aromatic nitrogens is 5. The minimum atomic E-state index is -0.144. The Labute approximate surface area is 209 Å². The lowest BCUT2D eigenvalue weighted by Crippen LogP contribution is -2.30. The van der Waals surface area contributed by atoms with E-state index < -0.39 is 0 Å². The third-order valence-corrected chi connectivity index (χ3v) is 7.51. The number of pyridine rings is 1. The van der Waals surface area contributed by atoms with Crippen molar-refractivity contribution >= 4 is 34.2 Å². The molecule has 4 aromatic rings. The quantitative estimate of drug-likeness (QED) is 0.349. The standard InChI is InChI=1S/C26H31N7OS/c1-3-33-25-21(15-29-33)24(30-17(2)19-7-5-4-6-8-19)22(14-27-25)26(34)28-13-18-9-11-20(12-10-18)23-16-35-32-31-23/h9-12,14-17,19H,3-8,13H2,1-2H3,(H,27,30)(H,28,34)/t17-/m1/s1. The molecule has 8 nitrogen and oxygen atoms in total. The predicted molar refractivity (Wildman–Crippen MR) is 139 cm³/mol. The van der Waals surface area contributed by atoms with Crippen molar-refractivity contribution in [3.8, 4) is 11.3 Å². The van der Waals surface area contributed by atoms with E-state index in [1.807, 2.05) is 47.4 Å². The fraction of sp³-hybridized carbons (Fsp3) is 0.423. The van der Waals surface area contributed by atoms with Crippen molar-refractivity contribution in [1.29, 1.82) is 0 Å². The van der Waals surface area contributed by atoms with Gasteiger partial charge in [-0.25, -0.2) is 9.67 Å². The molecule has 9 heteroatoms. The summed E-state index contributed by atoms with van der Waals surface area (Å²) in [7, 11) is 0. The predicted octanol–water partition coefficient (Wildman–Crippen LogP) is 5.28. The molecule has 1 aliphatic rings. The number of nitrogens with zero attached hydrogens (tertiary/aromatic N) is 5. The molecule has 1 atom stereocenters. The van der Waals surface area contributed by atoms with Gasteiger partial charge in [-0.1, -0.05) is 48.0 Å². The van der Waals surface area contributed by atoms with Gasteiger partial charge >= 0.3 is 0 Å². The molecule has 1 fully saturated rings. The van der Waals surface area contributed by atoms with Crippen LogP contribution in [-0.4, -0.2) is 36.3 Å². The number of nitrogens with one attached hydrogen (secondary N) is 2. The van der Waals surface area contributed by atoms with E-state index >= 15 is 0 Å². The molecule has 3 aromatic heterocycles. The molecule has 0 aliphatic heterocycles. The van der Waals surface area contributed by atoms with Gasteiger partial charge in [0, 0.05) is 36.3 Å². The van der Waals surface area contributed by atoms with Crippen molar-refractivity contribution in [3.63, 3.8) is 0 Å². The Hall–Kier alpha value is -3.33. The van der Waals surface area contributed by atoms with Gasteiger partial charge in [-0.15, -0.1) is 5.10 Å². The summed E-state index contributed by atoms with van der Waals surface area (Å²) in [6.07, 6.45) is 9.84. The van der Waals surface area contributed by atoms with Gasteiger partial charge in [0.25, 0.3) is 5.91 Å². The number of hydrogen-bond acceptors (Lipinski definition) is 7. The highest BCUT2D eigenvalue weighted by atomic mass is 32.1. The second-order valence-corrected chi connectivity index (χ2v) is 9.86. The molecule has 182 valence electrons. The van der Waals surface area contributed by atoms with Crippen LogP contribution in [0.4, 0.5) is 5.69 Å². The molecule has 0 spiro atoms. The number of rotatable bonds is 8. The van der Waals surface area contributed by atoms with Gasteiger partial charge in [0.15, 0.2) is 5.65 Å². The number of aryl methyl sites for hydroxylation is 1. The normalized spacial score (nSPS) is 15.3. The Balaban J connectivity index is 1.36. The molecule has 0 bridgehead atoms. The monoisotopic (exact) mass is 489 g/mol. The molecule has 35 heavy (non-hydrogen) atoms. The second kappa shape index (κ2) is 10.5. The SMILES string of the molecule is CCn1ncc2c(N[C@H](C)C3CCCCC3)c(C(=O)NCc3ccc(-c4csnn4)cc3)cnc21. The molecule has 0 radical (unpaired) electrons. The third kappa shape index (κ3) is 5.05. The smallest absolute Gasteiger partial charge is 0.255 e. The summed E-state index contributed by atoms with van der Waals surface area (Å²) in [5.74, 6) is 0.463. The van der Waals surface area contributed by atoms with Crippen LogP contribution in [0.2, 0.25) is 0 Å². The molecular weight excluding hydrogens is 458 g/mol. The molecule has 5 rings (SSSR count). The molecular formula is C26H31N7OS. The first-order chi connectivity index (χ1) is 17.1. The van der Waals surface area contributed by atoms with Crippen molar-refractivity contribution in [1.82, 2.24) is 29.7 Å². The van der Waals surface area contributed by atoms with Gasteiger partial charge < -0.3 is 10.6 Å². The highest BCUT2D eigenvalue weighted by Gasteiger charge is 2.24. The Kier molecular flexibility index (Phi) is 7.03. The highest BCUT2D eigenvalue weighted by molar-refractivity contribution is 7.03. The lowest BCUT2D eigenvalue weighted by Gasteiger charge is -2.29. The van der Waals surface area contributed by atoms with Gasteiger partial charge in [0.05, 0.1) is 22.8 Å². The summed E-state index contributed by atoms with van der Waals surface area (Å²) in [5.41, 5.74) is 5.08. The Morgan fingerprint density at radius 1 is 1.17 bits per heavy atom. The maximum atomic E-state index is 13.3. The minimum absolute atomic E-state index is 0.144. The van der Waals surface area contributed by atoms with E-state index in [9.17, 15) is 4.79 Å². The van der Waals surface area contributed by atoms with Crippen molar-refractivity contribution in [2.75, 3.05) is 5.32 Å². The summed E-state index contributed by atoms with van der Waals surface area (Å²) >= 11 is 1.33. The van der Waals surface area contributed by atoms with Crippen molar-refractivity contribution in [2.24, 2.45) is 5.92 Å². The topological polar surface area (TPSA) is 97.6 Å². The molecule has 3 heterocycles.